The van der Waals surface area contributed by atoms with Gasteiger partial charge in [-0.25, -0.2) is 0 Å². The van der Waals surface area contributed by atoms with Gasteiger partial charge in [-0.15, -0.1) is 0 Å². The minimum Gasteiger partial charge on any atom is -0.479 e. The van der Waals surface area contributed by atoms with E-state index in [1.165, 1.54) is 0 Å². The minimum atomic E-state index is -0.504. The standard InChI is InChI=1S/C13H19N3O2/c1-10(18-12-5-3-7-15-9-12)13(17)16-11-4-2-6-14-8-11/h3,5,7,9-11,14H,2,4,6,8H2,1H3,(H,16,17)/t10?,11-/m0/s1. The van der Waals surface area contributed by atoms with Crippen LogP contribution in [0.5, 0.6) is 5.75 Å². The van der Waals surface area contributed by atoms with E-state index in [9.17, 15) is 4.79 Å². The molecule has 2 atom stereocenters. The highest BCUT2D eigenvalue weighted by molar-refractivity contribution is 5.81. The summed E-state index contributed by atoms with van der Waals surface area (Å²) in [6.07, 6.45) is 4.90. The lowest BCUT2D eigenvalue weighted by Gasteiger charge is -2.25. The first-order valence-corrected chi connectivity index (χ1v) is 6.33. The van der Waals surface area contributed by atoms with E-state index < -0.39 is 6.10 Å². The minimum absolute atomic E-state index is 0.0763. The van der Waals surface area contributed by atoms with Gasteiger partial charge in [-0.2, -0.15) is 0 Å². The number of ether oxygens (including phenoxy) is 1. The number of amides is 1. The lowest BCUT2D eigenvalue weighted by molar-refractivity contribution is -0.128. The number of nitrogens with one attached hydrogen (secondary N) is 2. The molecule has 1 aliphatic heterocycles. The Labute approximate surface area is 107 Å². The van der Waals surface area contributed by atoms with Gasteiger partial charge in [0.1, 0.15) is 5.75 Å². The van der Waals surface area contributed by atoms with Crippen LogP contribution in [0.1, 0.15) is 19.8 Å². The molecule has 1 unspecified atom stereocenters. The second-order valence-corrected chi connectivity index (χ2v) is 4.50. The van der Waals surface area contributed by atoms with E-state index >= 15 is 0 Å². The van der Waals surface area contributed by atoms with E-state index in [1.807, 2.05) is 0 Å². The molecule has 0 spiro atoms. The second kappa shape index (κ2) is 6.35. The van der Waals surface area contributed by atoms with Crippen molar-refractivity contribution >= 4 is 5.91 Å². The molecule has 0 saturated carbocycles. The Kier molecular flexibility index (Phi) is 4.52. The number of carbonyl (C=O) groups is 1. The molecule has 1 aromatic rings. The Morgan fingerprint density at radius 1 is 1.67 bits per heavy atom. The van der Waals surface area contributed by atoms with Gasteiger partial charge in [0.25, 0.3) is 5.91 Å². The van der Waals surface area contributed by atoms with Crippen molar-refractivity contribution in [2.75, 3.05) is 13.1 Å². The summed E-state index contributed by atoms with van der Waals surface area (Å²) in [6.45, 7) is 3.62. The van der Waals surface area contributed by atoms with Crippen LogP contribution in [0.15, 0.2) is 24.5 Å². The lowest BCUT2D eigenvalue weighted by atomic mass is 10.1. The van der Waals surface area contributed by atoms with E-state index in [0.717, 1.165) is 25.9 Å². The first kappa shape index (κ1) is 12.8. The number of piperidine rings is 1. The molecule has 0 radical (unpaired) electrons. The smallest absolute Gasteiger partial charge is 0.261 e. The Bertz CT molecular complexity index is 377. The van der Waals surface area contributed by atoms with Crippen molar-refractivity contribution in [2.45, 2.75) is 31.9 Å². The fraction of sp³-hybridized carbons (Fsp3) is 0.538. The van der Waals surface area contributed by atoms with Gasteiger partial charge in [0.2, 0.25) is 0 Å². The highest BCUT2D eigenvalue weighted by Gasteiger charge is 2.20. The van der Waals surface area contributed by atoms with Crippen molar-refractivity contribution in [1.82, 2.24) is 15.6 Å². The monoisotopic (exact) mass is 249 g/mol. The van der Waals surface area contributed by atoms with Gasteiger partial charge in [0, 0.05) is 18.8 Å². The number of nitrogens with zero attached hydrogens (tertiary/aromatic N) is 1. The van der Waals surface area contributed by atoms with Gasteiger partial charge in [-0.3, -0.25) is 9.78 Å². The molecule has 0 aliphatic carbocycles. The molecule has 1 fully saturated rings. The van der Waals surface area contributed by atoms with Crippen LogP contribution >= 0.6 is 0 Å². The van der Waals surface area contributed by atoms with Gasteiger partial charge in [0.05, 0.1) is 6.20 Å². The highest BCUT2D eigenvalue weighted by Crippen LogP contribution is 2.09. The van der Waals surface area contributed by atoms with Crippen molar-refractivity contribution in [3.05, 3.63) is 24.5 Å². The number of hydrogen-bond donors (Lipinski definition) is 2. The third-order valence-corrected chi connectivity index (χ3v) is 2.96. The largest absolute Gasteiger partial charge is 0.479 e. The Hall–Kier alpha value is -1.62. The third kappa shape index (κ3) is 3.70. The normalized spacial score (nSPS) is 21.1. The van der Waals surface area contributed by atoms with Crippen LogP contribution in [0.3, 0.4) is 0 Å². The predicted molar refractivity (Wildman–Crippen MR) is 68.4 cm³/mol. The zero-order valence-electron chi connectivity index (χ0n) is 10.6. The fourth-order valence-electron chi connectivity index (χ4n) is 1.97. The number of pyridine rings is 1. The molecule has 2 N–H and O–H groups in total. The summed E-state index contributed by atoms with van der Waals surface area (Å²) in [4.78, 5) is 15.9. The highest BCUT2D eigenvalue weighted by atomic mass is 16.5. The maximum atomic E-state index is 11.9. The SMILES string of the molecule is CC(Oc1cccnc1)C(=O)N[C@H]1CCCNC1. The number of aromatic nitrogens is 1. The van der Waals surface area contributed by atoms with Crippen LogP contribution in [0, 0.1) is 0 Å². The summed E-state index contributed by atoms with van der Waals surface area (Å²) in [5.74, 6) is 0.537. The lowest BCUT2D eigenvalue weighted by Crippen LogP contribution is -2.49. The molecule has 2 heterocycles. The van der Waals surface area contributed by atoms with Gasteiger partial charge in [-0.05, 0) is 38.4 Å². The van der Waals surface area contributed by atoms with Gasteiger partial charge < -0.3 is 15.4 Å². The summed E-state index contributed by atoms with van der Waals surface area (Å²) in [7, 11) is 0. The number of carbonyl (C=O) groups excluding carboxylic acids is 1. The molecule has 1 aliphatic rings. The van der Waals surface area contributed by atoms with Crippen LogP contribution < -0.4 is 15.4 Å². The summed E-state index contributed by atoms with van der Waals surface area (Å²) in [6, 6.07) is 3.79. The van der Waals surface area contributed by atoms with Crippen molar-refractivity contribution in [3.8, 4) is 5.75 Å². The van der Waals surface area contributed by atoms with Crippen LogP contribution in [-0.4, -0.2) is 36.1 Å². The maximum Gasteiger partial charge on any atom is 0.261 e. The average molecular weight is 249 g/mol. The van der Waals surface area contributed by atoms with Crippen LogP contribution in [0.4, 0.5) is 0 Å². The Morgan fingerprint density at radius 2 is 2.56 bits per heavy atom. The molecule has 18 heavy (non-hydrogen) atoms. The molecular weight excluding hydrogens is 230 g/mol. The molecule has 1 amide bonds. The predicted octanol–water partition coefficient (Wildman–Crippen LogP) is 0.717. The molecule has 0 aromatic carbocycles. The van der Waals surface area contributed by atoms with E-state index in [-0.39, 0.29) is 11.9 Å². The topological polar surface area (TPSA) is 63.2 Å². The van der Waals surface area contributed by atoms with E-state index in [2.05, 4.69) is 15.6 Å². The number of rotatable bonds is 4. The van der Waals surface area contributed by atoms with Crippen LogP contribution in [-0.2, 0) is 4.79 Å². The maximum absolute atomic E-state index is 11.9. The summed E-state index contributed by atoms with van der Waals surface area (Å²) < 4.78 is 5.52. The molecule has 2 rings (SSSR count). The number of hydrogen-bond acceptors (Lipinski definition) is 4. The average Bonchev–Trinajstić information content (AvgIpc) is 2.41. The Balaban J connectivity index is 1.81. The Morgan fingerprint density at radius 3 is 3.22 bits per heavy atom. The summed E-state index contributed by atoms with van der Waals surface area (Å²) >= 11 is 0. The van der Waals surface area contributed by atoms with Crippen LogP contribution in [0.25, 0.3) is 0 Å². The first-order chi connectivity index (χ1) is 8.75. The summed E-state index contributed by atoms with van der Waals surface area (Å²) in [5.41, 5.74) is 0. The van der Waals surface area contributed by atoms with Gasteiger partial charge in [-0.1, -0.05) is 0 Å². The third-order valence-electron chi connectivity index (χ3n) is 2.96. The van der Waals surface area contributed by atoms with E-state index in [1.54, 1.807) is 31.5 Å². The summed E-state index contributed by atoms with van der Waals surface area (Å²) in [5, 5.41) is 6.26. The quantitative estimate of drug-likeness (QED) is 0.825. The molecule has 5 heteroatoms. The molecule has 0 bridgehead atoms. The van der Waals surface area contributed by atoms with Gasteiger partial charge >= 0.3 is 0 Å². The van der Waals surface area contributed by atoms with Crippen molar-refractivity contribution < 1.29 is 9.53 Å². The van der Waals surface area contributed by atoms with Crippen LogP contribution in [0.2, 0.25) is 0 Å². The van der Waals surface area contributed by atoms with Crippen molar-refractivity contribution in [1.29, 1.82) is 0 Å². The van der Waals surface area contributed by atoms with Crippen molar-refractivity contribution in [2.24, 2.45) is 0 Å². The van der Waals surface area contributed by atoms with E-state index in [4.69, 9.17) is 4.74 Å². The second-order valence-electron chi connectivity index (χ2n) is 4.50. The molecule has 1 aromatic heterocycles. The zero-order chi connectivity index (χ0) is 12.8. The molecule has 1 saturated heterocycles. The molecular formula is C13H19N3O2. The van der Waals surface area contributed by atoms with Crippen molar-refractivity contribution in [3.63, 3.8) is 0 Å². The zero-order valence-corrected chi connectivity index (χ0v) is 10.6. The van der Waals surface area contributed by atoms with Gasteiger partial charge in [0.15, 0.2) is 6.10 Å². The fourth-order valence-corrected chi connectivity index (χ4v) is 1.97. The molecule has 98 valence electrons. The first-order valence-electron chi connectivity index (χ1n) is 6.33. The molecule has 5 nitrogen and oxygen atoms in total. The van der Waals surface area contributed by atoms with E-state index in [0.29, 0.717) is 5.75 Å².